The Kier molecular flexibility index (Phi) is 7.86. The molecule has 0 radical (unpaired) electrons. The number of nitrogens with zero attached hydrogens (tertiary/aromatic N) is 6. The number of carbonyl (C=O) groups excluding carboxylic acids is 1. The van der Waals surface area contributed by atoms with Gasteiger partial charge in [0.05, 0.1) is 11.3 Å². The molecule has 41 heavy (non-hydrogen) atoms. The van der Waals surface area contributed by atoms with Crippen LogP contribution in [-0.4, -0.2) is 66.7 Å². The van der Waals surface area contributed by atoms with Crippen LogP contribution < -0.4 is 21.1 Å². The molecule has 1 aromatic carbocycles. The minimum absolute atomic E-state index is 0.0510. The van der Waals surface area contributed by atoms with Gasteiger partial charge in [0, 0.05) is 49.4 Å². The molecular weight excluding hydrogens is 526 g/mol. The summed E-state index contributed by atoms with van der Waals surface area (Å²) in [6.07, 6.45) is 11.6. The van der Waals surface area contributed by atoms with E-state index in [2.05, 4.69) is 15.2 Å². The Hall–Kier alpha value is -4.00. The number of nitrogens with one attached hydrogen (secondary N) is 2. The molecule has 3 fully saturated rings. The molecule has 6 rings (SSSR count). The van der Waals surface area contributed by atoms with Gasteiger partial charge < -0.3 is 30.6 Å². The van der Waals surface area contributed by atoms with Crippen LogP contribution in [0.5, 0.6) is 5.75 Å². The molecule has 3 aliphatic rings. The lowest BCUT2D eigenvalue weighted by molar-refractivity contribution is -0.384. The summed E-state index contributed by atoms with van der Waals surface area (Å²) in [6.45, 7) is 1.03. The monoisotopic (exact) mass is 563 g/mol. The first kappa shape index (κ1) is 27.2. The third-order valence-corrected chi connectivity index (χ3v) is 8.59. The number of nitrogens with two attached hydrogens (primary N) is 1. The Bertz CT molecular complexity index is 1370. The number of carbonyl (C=O) groups is 1. The molecular formula is C28H37N9O4. The number of likely N-dealkylation sites (tertiary alicyclic amines) is 1. The number of nitro benzene ring substituents is 1. The molecule has 1 amide bonds. The van der Waals surface area contributed by atoms with E-state index in [1.165, 1.54) is 37.1 Å². The highest BCUT2D eigenvalue weighted by molar-refractivity contribution is 5.84. The van der Waals surface area contributed by atoms with Crippen molar-refractivity contribution in [2.24, 2.45) is 5.73 Å². The zero-order valence-electron chi connectivity index (χ0n) is 23.1. The first-order valence-corrected chi connectivity index (χ1v) is 14.7. The number of ether oxygens (including phenoxy) is 1. The lowest BCUT2D eigenvalue weighted by Gasteiger charge is -2.32. The zero-order chi connectivity index (χ0) is 28.3. The molecule has 2 saturated carbocycles. The summed E-state index contributed by atoms with van der Waals surface area (Å²) in [4.78, 5) is 39.3. The molecule has 0 bridgehead atoms. The Morgan fingerprint density at radius 2 is 1.63 bits per heavy atom. The van der Waals surface area contributed by atoms with Crippen molar-refractivity contribution < 1.29 is 14.5 Å². The molecule has 4 N–H and O–H groups in total. The van der Waals surface area contributed by atoms with Crippen LogP contribution in [0.3, 0.4) is 0 Å². The van der Waals surface area contributed by atoms with Gasteiger partial charge in [-0.05, 0) is 63.5 Å². The van der Waals surface area contributed by atoms with Crippen LogP contribution in [0.2, 0.25) is 0 Å². The van der Waals surface area contributed by atoms with Crippen LogP contribution in [-0.2, 0) is 0 Å². The average molecular weight is 564 g/mol. The summed E-state index contributed by atoms with van der Waals surface area (Å²) in [5.41, 5.74) is 7.69. The minimum atomic E-state index is -0.487. The van der Waals surface area contributed by atoms with E-state index >= 15 is 0 Å². The van der Waals surface area contributed by atoms with Crippen LogP contribution >= 0.6 is 0 Å². The highest BCUT2D eigenvalue weighted by Crippen LogP contribution is 2.34. The number of nitro groups is 1. The highest BCUT2D eigenvalue weighted by atomic mass is 16.6. The van der Waals surface area contributed by atoms with Crippen molar-refractivity contribution in [3.63, 3.8) is 0 Å². The summed E-state index contributed by atoms with van der Waals surface area (Å²) < 4.78 is 7.66. The Morgan fingerprint density at radius 3 is 2.32 bits per heavy atom. The second kappa shape index (κ2) is 11.9. The van der Waals surface area contributed by atoms with E-state index in [4.69, 9.17) is 25.4 Å². The number of anilines is 2. The molecule has 3 heterocycles. The van der Waals surface area contributed by atoms with E-state index in [0.29, 0.717) is 49.8 Å². The zero-order valence-corrected chi connectivity index (χ0v) is 23.1. The Labute approximate surface area is 238 Å². The van der Waals surface area contributed by atoms with Gasteiger partial charge in [0.2, 0.25) is 5.95 Å². The number of benzene rings is 1. The number of fused-ring (bicyclic) bond motifs is 1. The third kappa shape index (κ3) is 6.19. The third-order valence-electron chi connectivity index (χ3n) is 8.59. The number of non-ortho nitro benzene ring substituents is 1. The fourth-order valence-corrected chi connectivity index (χ4v) is 6.18. The maximum atomic E-state index is 12.7. The molecule has 1 aliphatic heterocycles. The van der Waals surface area contributed by atoms with Gasteiger partial charge >= 0.3 is 6.09 Å². The normalized spacial score (nSPS) is 22.1. The van der Waals surface area contributed by atoms with Crippen molar-refractivity contribution in [3.05, 3.63) is 40.7 Å². The molecule has 0 unspecified atom stereocenters. The van der Waals surface area contributed by atoms with Gasteiger partial charge in [0.15, 0.2) is 17.0 Å². The topological polar surface area (TPSA) is 166 Å². The van der Waals surface area contributed by atoms with E-state index in [-0.39, 0.29) is 23.5 Å². The summed E-state index contributed by atoms with van der Waals surface area (Å²) in [5.74, 6) is 1.61. The van der Waals surface area contributed by atoms with Gasteiger partial charge in [0.1, 0.15) is 5.75 Å². The van der Waals surface area contributed by atoms with Gasteiger partial charge in [-0.25, -0.2) is 9.78 Å². The molecule has 0 spiro atoms. The van der Waals surface area contributed by atoms with Crippen molar-refractivity contribution in [2.75, 3.05) is 23.7 Å². The minimum Gasteiger partial charge on any atom is -0.410 e. The molecule has 218 valence electrons. The molecule has 1 saturated heterocycles. The van der Waals surface area contributed by atoms with Gasteiger partial charge in [0.25, 0.3) is 5.69 Å². The quantitative estimate of drug-likeness (QED) is 0.273. The summed E-state index contributed by atoms with van der Waals surface area (Å²) in [6, 6.07) is 6.60. The van der Waals surface area contributed by atoms with Gasteiger partial charge in [-0.15, -0.1) is 0 Å². The van der Waals surface area contributed by atoms with E-state index < -0.39 is 11.0 Å². The van der Waals surface area contributed by atoms with Gasteiger partial charge in [-0.1, -0.05) is 12.8 Å². The van der Waals surface area contributed by atoms with Crippen LogP contribution in [0.4, 0.5) is 22.2 Å². The molecule has 13 nitrogen and oxygen atoms in total. The van der Waals surface area contributed by atoms with Gasteiger partial charge in [-0.3, -0.25) is 10.1 Å². The van der Waals surface area contributed by atoms with Crippen LogP contribution in [0, 0.1) is 10.1 Å². The molecule has 3 aromatic rings. The van der Waals surface area contributed by atoms with Crippen LogP contribution in [0.25, 0.3) is 11.2 Å². The Morgan fingerprint density at radius 1 is 0.951 bits per heavy atom. The fourth-order valence-electron chi connectivity index (χ4n) is 6.18. The van der Waals surface area contributed by atoms with Crippen LogP contribution in [0.1, 0.15) is 70.3 Å². The molecule has 2 aliphatic carbocycles. The number of amides is 1. The van der Waals surface area contributed by atoms with Crippen molar-refractivity contribution in [1.82, 2.24) is 24.4 Å². The second-order valence-corrected chi connectivity index (χ2v) is 11.4. The van der Waals surface area contributed by atoms with Crippen molar-refractivity contribution in [1.29, 1.82) is 0 Å². The van der Waals surface area contributed by atoms with Crippen LogP contribution in [0.15, 0.2) is 30.6 Å². The number of hydrogen-bond donors (Lipinski definition) is 3. The van der Waals surface area contributed by atoms with E-state index in [1.807, 2.05) is 6.33 Å². The highest BCUT2D eigenvalue weighted by Gasteiger charge is 2.28. The number of piperidine rings is 1. The van der Waals surface area contributed by atoms with E-state index in [9.17, 15) is 14.9 Å². The second-order valence-electron chi connectivity index (χ2n) is 11.4. The summed E-state index contributed by atoms with van der Waals surface area (Å²) in [7, 11) is 0. The predicted octanol–water partition coefficient (Wildman–Crippen LogP) is 4.61. The maximum Gasteiger partial charge on any atom is 0.415 e. The first-order chi connectivity index (χ1) is 19.9. The first-order valence-electron chi connectivity index (χ1n) is 14.7. The SMILES string of the molecule is N[C@H]1CC[C@H](Nc2nc(NC3CCN(C(=O)Oc4ccc([N+](=O)[O-])cc4)CC3)c3ncn(C4CCCC4)c3n2)CC1. The summed E-state index contributed by atoms with van der Waals surface area (Å²) in [5, 5.41) is 18.0. The van der Waals surface area contributed by atoms with Crippen molar-refractivity contribution >= 4 is 34.7 Å². The lowest BCUT2D eigenvalue weighted by atomic mass is 9.92. The molecule has 2 aromatic heterocycles. The largest absolute Gasteiger partial charge is 0.415 e. The summed E-state index contributed by atoms with van der Waals surface area (Å²) >= 11 is 0. The average Bonchev–Trinajstić information content (AvgIpc) is 3.65. The molecule has 0 atom stereocenters. The number of imidazole rings is 1. The predicted molar refractivity (Wildman–Crippen MR) is 154 cm³/mol. The standard InChI is InChI=1S/C28H37N9O4/c29-18-5-7-19(8-6-18)32-27-33-25(24-26(34-27)36(17-30-24)21-3-1-2-4-21)31-20-13-15-35(16-14-20)28(38)41-23-11-9-22(10-12-23)37(39)40/h9-12,17-21H,1-8,13-16,29H2,(H2,31,32,33,34)/t18-,19-. The maximum absolute atomic E-state index is 12.7. The molecule has 13 heteroatoms. The lowest BCUT2D eigenvalue weighted by Crippen LogP contribution is -2.43. The number of hydrogen-bond acceptors (Lipinski definition) is 10. The number of aromatic nitrogens is 4. The smallest absolute Gasteiger partial charge is 0.410 e. The van der Waals surface area contributed by atoms with Crippen molar-refractivity contribution in [3.8, 4) is 5.75 Å². The van der Waals surface area contributed by atoms with Crippen molar-refractivity contribution in [2.45, 2.75) is 88.4 Å². The van der Waals surface area contributed by atoms with E-state index in [1.54, 1.807) is 4.90 Å². The Balaban J connectivity index is 1.13. The van der Waals surface area contributed by atoms with Gasteiger partial charge in [-0.2, -0.15) is 9.97 Å². The fraction of sp³-hybridized carbons (Fsp3) is 0.571. The number of rotatable bonds is 7. The van der Waals surface area contributed by atoms with E-state index in [0.717, 1.165) is 49.7 Å².